The van der Waals surface area contributed by atoms with E-state index >= 15 is 0 Å². The molecule has 9 nitrogen and oxygen atoms in total. The summed E-state index contributed by atoms with van der Waals surface area (Å²) in [5.74, 6) is 1.65. The molecule has 10 heteroatoms. The van der Waals surface area contributed by atoms with Gasteiger partial charge in [-0.15, -0.1) is 0 Å². The maximum Gasteiger partial charge on any atom is 0.225 e. The van der Waals surface area contributed by atoms with Gasteiger partial charge in [-0.05, 0) is 50.6 Å². The van der Waals surface area contributed by atoms with Gasteiger partial charge < -0.3 is 24.2 Å². The summed E-state index contributed by atoms with van der Waals surface area (Å²) in [5, 5.41) is 0.658. The van der Waals surface area contributed by atoms with Crippen LogP contribution in [0.3, 0.4) is 0 Å². The summed E-state index contributed by atoms with van der Waals surface area (Å²) >= 11 is 6.05. The Labute approximate surface area is 230 Å². The van der Waals surface area contributed by atoms with Crippen LogP contribution in [0.5, 0.6) is 5.75 Å². The van der Waals surface area contributed by atoms with Crippen molar-refractivity contribution < 1.29 is 14.3 Å². The van der Waals surface area contributed by atoms with Gasteiger partial charge in [0.2, 0.25) is 11.9 Å². The summed E-state index contributed by atoms with van der Waals surface area (Å²) in [5.41, 5.74) is 0.318. The number of amides is 1. The number of carbonyl (C=O) groups is 1. The lowest BCUT2D eigenvalue weighted by Crippen LogP contribution is -2.58. The number of rotatable bonds is 8. The number of morpholine rings is 1. The Morgan fingerprint density at radius 1 is 1.00 bits per heavy atom. The molecule has 0 spiro atoms. The van der Waals surface area contributed by atoms with Crippen molar-refractivity contribution in [3.63, 3.8) is 0 Å². The Bertz CT molecular complexity index is 1040. The predicted octanol–water partition coefficient (Wildman–Crippen LogP) is 2.93. The molecule has 1 aromatic heterocycles. The van der Waals surface area contributed by atoms with Crippen LogP contribution in [0.4, 0.5) is 5.95 Å². The van der Waals surface area contributed by atoms with Crippen molar-refractivity contribution in [1.29, 1.82) is 0 Å². The third kappa shape index (κ3) is 7.14. The topological polar surface area (TPSA) is 74.3 Å². The first-order valence-corrected chi connectivity index (χ1v) is 14.1. The normalized spacial score (nSPS) is 23.4. The van der Waals surface area contributed by atoms with Gasteiger partial charge in [0.15, 0.2) is 0 Å². The Morgan fingerprint density at radius 2 is 1.71 bits per heavy atom. The summed E-state index contributed by atoms with van der Waals surface area (Å²) < 4.78 is 12.5. The SMILES string of the molecule is CN1CCN(C(=O)C[C@]2(COc3ccc(Cl)cc3)CN(Cc3cnc(N4CCCCC4)nc3)CCO2)CC1. The van der Waals surface area contributed by atoms with Crippen LogP contribution in [0.1, 0.15) is 31.2 Å². The quantitative estimate of drug-likeness (QED) is 0.504. The van der Waals surface area contributed by atoms with Gasteiger partial charge in [0.1, 0.15) is 18.0 Å². The molecular weight excluding hydrogens is 504 g/mol. The third-order valence-corrected chi connectivity index (χ3v) is 7.96. The number of hydrogen-bond donors (Lipinski definition) is 0. The largest absolute Gasteiger partial charge is 0.491 e. The van der Waals surface area contributed by atoms with Gasteiger partial charge >= 0.3 is 0 Å². The lowest BCUT2D eigenvalue weighted by Gasteiger charge is -2.43. The number of piperidine rings is 1. The van der Waals surface area contributed by atoms with Crippen molar-refractivity contribution >= 4 is 23.5 Å². The van der Waals surface area contributed by atoms with E-state index in [1.165, 1.54) is 19.3 Å². The number of anilines is 1. The monoisotopic (exact) mass is 542 g/mol. The lowest BCUT2D eigenvalue weighted by atomic mass is 9.96. The van der Waals surface area contributed by atoms with E-state index in [9.17, 15) is 4.79 Å². The van der Waals surface area contributed by atoms with Crippen LogP contribution >= 0.6 is 11.6 Å². The van der Waals surface area contributed by atoms with E-state index < -0.39 is 5.60 Å². The zero-order chi connectivity index (χ0) is 26.4. The average Bonchev–Trinajstić information content (AvgIpc) is 2.94. The molecule has 0 unspecified atom stereocenters. The van der Waals surface area contributed by atoms with Crippen LogP contribution in [0, 0.1) is 0 Å². The summed E-state index contributed by atoms with van der Waals surface area (Å²) in [6.07, 6.45) is 7.84. The van der Waals surface area contributed by atoms with Gasteiger partial charge in [-0.3, -0.25) is 9.69 Å². The molecule has 4 heterocycles. The minimum atomic E-state index is -0.743. The molecule has 1 amide bonds. The molecule has 0 radical (unpaired) electrons. The molecule has 1 atom stereocenters. The van der Waals surface area contributed by atoms with Crippen molar-refractivity contribution in [3.05, 3.63) is 47.2 Å². The molecule has 3 aliphatic heterocycles. The highest BCUT2D eigenvalue weighted by Crippen LogP contribution is 2.27. The number of nitrogens with zero attached hydrogens (tertiary/aromatic N) is 6. The molecule has 1 aromatic carbocycles. The minimum absolute atomic E-state index is 0.119. The van der Waals surface area contributed by atoms with E-state index in [0.717, 1.165) is 57.3 Å². The number of piperazine rings is 1. The molecule has 0 saturated carbocycles. The van der Waals surface area contributed by atoms with Crippen LogP contribution in [0.2, 0.25) is 5.02 Å². The van der Waals surface area contributed by atoms with Crippen molar-refractivity contribution in [2.75, 3.05) is 77.5 Å². The van der Waals surface area contributed by atoms with E-state index in [0.29, 0.717) is 30.5 Å². The van der Waals surface area contributed by atoms with Gasteiger partial charge in [-0.25, -0.2) is 9.97 Å². The smallest absolute Gasteiger partial charge is 0.225 e. The lowest BCUT2D eigenvalue weighted by molar-refractivity contribution is -0.157. The number of ether oxygens (including phenoxy) is 2. The van der Waals surface area contributed by atoms with Crippen LogP contribution in [0.25, 0.3) is 0 Å². The molecule has 206 valence electrons. The van der Waals surface area contributed by atoms with Gasteiger partial charge in [0.25, 0.3) is 0 Å². The fourth-order valence-electron chi connectivity index (χ4n) is 5.44. The van der Waals surface area contributed by atoms with Gasteiger partial charge in [0.05, 0.1) is 13.0 Å². The molecule has 38 heavy (non-hydrogen) atoms. The highest BCUT2D eigenvalue weighted by molar-refractivity contribution is 6.30. The third-order valence-electron chi connectivity index (χ3n) is 7.71. The average molecular weight is 543 g/mol. The molecule has 2 aromatic rings. The summed E-state index contributed by atoms with van der Waals surface area (Å²) in [6.45, 7) is 8.22. The number of aromatic nitrogens is 2. The Kier molecular flexibility index (Phi) is 8.99. The maximum atomic E-state index is 13.4. The second-order valence-corrected chi connectivity index (χ2v) is 11.2. The standard InChI is InChI=1S/C28H39ClN6O3/c1-32-11-13-34(14-12-32)26(36)17-28(22-37-25-7-5-24(29)6-8-25)21-33(15-16-38-28)20-23-18-30-27(31-19-23)35-9-3-2-4-10-35/h5-8,18-19H,2-4,9-17,20-22H2,1H3/t28-/m1/s1. The highest BCUT2D eigenvalue weighted by atomic mass is 35.5. The van der Waals surface area contributed by atoms with Gasteiger partial charge in [-0.1, -0.05) is 11.6 Å². The Balaban J connectivity index is 1.26. The molecular formula is C28H39ClN6O3. The second kappa shape index (κ2) is 12.6. The predicted molar refractivity (Wildman–Crippen MR) is 148 cm³/mol. The Morgan fingerprint density at radius 3 is 2.42 bits per heavy atom. The first kappa shape index (κ1) is 27.1. The molecule has 5 rings (SSSR count). The van der Waals surface area contributed by atoms with E-state index in [-0.39, 0.29) is 18.9 Å². The Hall–Kier alpha value is -2.46. The van der Waals surface area contributed by atoms with E-state index in [4.69, 9.17) is 21.1 Å². The summed E-state index contributed by atoms with van der Waals surface area (Å²) in [4.78, 5) is 31.5. The van der Waals surface area contributed by atoms with Gasteiger partial charge in [0, 0.05) is 81.9 Å². The van der Waals surface area contributed by atoms with Crippen molar-refractivity contribution in [3.8, 4) is 5.75 Å². The van der Waals surface area contributed by atoms with Crippen LogP contribution in [0.15, 0.2) is 36.7 Å². The number of carbonyl (C=O) groups excluding carboxylic acids is 1. The molecule has 3 fully saturated rings. The molecule has 0 bridgehead atoms. The zero-order valence-corrected chi connectivity index (χ0v) is 23.1. The number of hydrogen-bond acceptors (Lipinski definition) is 8. The van der Waals surface area contributed by atoms with Crippen molar-refractivity contribution in [1.82, 2.24) is 24.7 Å². The molecule has 0 aliphatic carbocycles. The van der Waals surface area contributed by atoms with Gasteiger partial charge in [-0.2, -0.15) is 0 Å². The van der Waals surface area contributed by atoms with E-state index in [1.807, 2.05) is 29.4 Å². The first-order valence-electron chi connectivity index (χ1n) is 13.7. The second-order valence-electron chi connectivity index (χ2n) is 10.8. The van der Waals surface area contributed by atoms with Crippen LogP contribution < -0.4 is 9.64 Å². The summed E-state index contributed by atoms with van der Waals surface area (Å²) in [7, 11) is 2.09. The molecule has 3 aliphatic rings. The zero-order valence-electron chi connectivity index (χ0n) is 22.4. The first-order chi connectivity index (χ1) is 18.5. The molecule has 3 saturated heterocycles. The van der Waals surface area contributed by atoms with Crippen LogP contribution in [-0.2, 0) is 16.1 Å². The van der Waals surface area contributed by atoms with Crippen LogP contribution in [-0.4, -0.2) is 109 Å². The minimum Gasteiger partial charge on any atom is -0.491 e. The fourth-order valence-corrected chi connectivity index (χ4v) is 5.56. The number of benzene rings is 1. The van der Waals surface area contributed by atoms with Crippen molar-refractivity contribution in [2.24, 2.45) is 0 Å². The maximum absolute atomic E-state index is 13.4. The van der Waals surface area contributed by atoms with E-state index in [1.54, 1.807) is 12.1 Å². The summed E-state index contributed by atoms with van der Waals surface area (Å²) in [6, 6.07) is 7.31. The number of halogens is 1. The molecule has 0 N–H and O–H groups in total. The van der Waals surface area contributed by atoms with Crippen molar-refractivity contribution in [2.45, 2.75) is 37.8 Å². The highest BCUT2D eigenvalue weighted by Gasteiger charge is 2.41. The fraction of sp³-hybridized carbons (Fsp3) is 0.607. The van der Waals surface area contributed by atoms with E-state index in [2.05, 4.69) is 31.7 Å². The number of likely N-dealkylation sites (N-methyl/N-ethyl adjacent to an activating group) is 1.